The summed E-state index contributed by atoms with van der Waals surface area (Å²) in [5.41, 5.74) is 4.45. The molecule has 204 valence electrons. The number of aliphatic hydroxyl groups excluding tert-OH is 1. The maximum Gasteiger partial charge on any atom is 0.205 e. The smallest absolute Gasteiger partial charge is 0.205 e. The molecule has 3 aromatic rings. The minimum absolute atomic E-state index is 0.210. The van der Waals surface area contributed by atoms with Crippen LogP contribution in [0.4, 0.5) is 0 Å². The van der Waals surface area contributed by atoms with Gasteiger partial charge < -0.3 is 34.1 Å². The first-order chi connectivity index (χ1) is 18.9. The minimum Gasteiger partial charge on any atom is -0.486 e. The molecule has 2 heterocycles. The number of rotatable bonds is 10. The summed E-state index contributed by atoms with van der Waals surface area (Å²) in [5, 5.41) is 23.1. The zero-order chi connectivity index (χ0) is 27.2. The van der Waals surface area contributed by atoms with Crippen molar-refractivity contribution in [3.8, 4) is 23.3 Å². The third-order valence-electron chi connectivity index (χ3n) is 6.68. The average molecular weight is 531 g/mol. The van der Waals surface area contributed by atoms with E-state index in [4.69, 9.17) is 28.9 Å². The quantitative estimate of drug-likeness (QED) is 0.372. The Hall–Kier alpha value is -3.61. The lowest BCUT2D eigenvalue weighted by Gasteiger charge is -2.33. The lowest BCUT2D eigenvalue weighted by atomic mass is 10.0. The molecule has 0 fully saturated rings. The summed E-state index contributed by atoms with van der Waals surface area (Å²) in [6.07, 6.45) is -0.0620. The van der Waals surface area contributed by atoms with Crippen LogP contribution in [0.25, 0.3) is 0 Å². The highest BCUT2D eigenvalue weighted by Gasteiger charge is 2.27. The van der Waals surface area contributed by atoms with Crippen molar-refractivity contribution in [2.45, 2.75) is 51.5 Å². The van der Waals surface area contributed by atoms with Crippen molar-refractivity contribution in [2.24, 2.45) is 0 Å². The summed E-state index contributed by atoms with van der Waals surface area (Å²) >= 11 is 0. The molecule has 0 bridgehead atoms. The van der Waals surface area contributed by atoms with Gasteiger partial charge in [-0.2, -0.15) is 5.26 Å². The largest absolute Gasteiger partial charge is 0.486 e. The van der Waals surface area contributed by atoms with Gasteiger partial charge in [-0.1, -0.05) is 24.3 Å². The van der Waals surface area contributed by atoms with Crippen molar-refractivity contribution in [1.29, 1.82) is 5.26 Å². The first kappa shape index (κ1) is 27.0. The Bertz CT molecular complexity index is 1330. The van der Waals surface area contributed by atoms with E-state index in [-0.39, 0.29) is 6.10 Å². The van der Waals surface area contributed by atoms with Crippen LogP contribution in [0, 0.1) is 11.3 Å². The van der Waals surface area contributed by atoms with E-state index >= 15 is 0 Å². The molecule has 0 saturated carbocycles. The van der Waals surface area contributed by atoms with Crippen LogP contribution in [-0.4, -0.2) is 43.3 Å². The molecule has 5 rings (SSSR count). The van der Waals surface area contributed by atoms with E-state index in [2.05, 4.69) is 11.4 Å². The van der Waals surface area contributed by atoms with Gasteiger partial charge in [-0.05, 0) is 66.1 Å². The maximum absolute atomic E-state index is 10.7. The number of nitrogens with zero attached hydrogens (tertiary/aromatic N) is 1. The number of fused-ring (bicyclic) bond motifs is 2. The number of hydrogen-bond donors (Lipinski definition) is 2. The van der Waals surface area contributed by atoms with Crippen LogP contribution in [0.5, 0.6) is 17.2 Å². The first-order valence-corrected chi connectivity index (χ1v) is 13.2. The average Bonchev–Trinajstić information content (AvgIpc) is 2.94. The van der Waals surface area contributed by atoms with Crippen LogP contribution in [0.15, 0.2) is 60.7 Å². The molecule has 0 saturated heterocycles. The molecule has 2 aliphatic rings. The molecule has 8 heteroatoms. The Morgan fingerprint density at radius 3 is 2.82 bits per heavy atom. The summed E-state index contributed by atoms with van der Waals surface area (Å²) < 4.78 is 29.4. The normalized spacial score (nSPS) is 17.9. The third-order valence-corrected chi connectivity index (χ3v) is 6.68. The molecule has 0 unspecified atom stereocenters. The van der Waals surface area contributed by atoms with Gasteiger partial charge in [0.25, 0.3) is 0 Å². The molecule has 2 aliphatic heterocycles. The lowest BCUT2D eigenvalue weighted by Crippen LogP contribution is -2.35. The highest BCUT2D eigenvalue weighted by Crippen LogP contribution is 2.34. The number of nitrogens with one attached hydrogen (secondary N) is 1. The van der Waals surface area contributed by atoms with E-state index in [0.717, 1.165) is 40.2 Å². The van der Waals surface area contributed by atoms with Gasteiger partial charge >= 0.3 is 0 Å². The molecule has 0 amide bonds. The maximum atomic E-state index is 10.7. The number of benzene rings is 3. The van der Waals surface area contributed by atoms with Crippen molar-refractivity contribution in [3.63, 3.8) is 0 Å². The zero-order valence-electron chi connectivity index (χ0n) is 22.3. The monoisotopic (exact) mass is 530 g/mol. The van der Waals surface area contributed by atoms with Gasteiger partial charge in [-0.25, -0.2) is 0 Å². The van der Waals surface area contributed by atoms with Crippen LogP contribution >= 0.6 is 0 Å². The van der Waals surface area contributed by atoms with Gasteiger partial charge in [-0.15, -0.1) is 0 Å². The fourth-order valence-electron chi connectivity index (χ4n) is 4.59. The van der Waals surface area contributed by atoms with Crippen LogP contribution in [-0.2, 0) is 29.1 Å². The van der Waals surface area contributed by atoms with Crippen LogP contribution < -0.4 is 19.5 Å². The van der Waals surface area contributed by atoms with Crippen molar-refractivity contribution in [1.82, 2.24) is 5.32 Å². The topological polar surface area (TPSA) is 102 Å². The van der Waals surface area contributed by atoms with E-state index in [9.17, 15) is 5.11 Å². The second kappa shape index (κ2) is 12.1. The Morgan fingerprint density at radius 1 is 1.08 bits per heavy atom. The van der Waals surface area contributed by atoms with Crippen LogP contribution in [0.3, 0.4) is 0 Å². The van der Waals surface area contributed by atoms with E-state index in [0.29, 0.717) is 50.8 Å². The summed E-state index contributed by atoms with van der Waals surface area (Å²) in [7, 11) is 0. The molecule has 39 heavy (non-hydrogen) atoms. The molecule has 8 nitrogen and oxygen atoms in total. The highest BCUT2D eigenvalue weighted by molar-refractivity contribution is 5.44. The summed E-state index contributed by atoms with van der Waals surface area (Å²) in [4.78, 5) is 0. The summed E-state index contributed by atoms with van der Waals surface area (Å²) in [6, 6.07) is 21.2. The van der Waals surface area contributed by atoms with E-state index in [1.807, 2.05) is 68.4 Å². The number of aliphatic hydroxyl groups is 1. The minimum atomic E-state index is -0.635. The second-order valence-electron chi connectivity index (χ2n) is 10.3. The van der Waals surface area contributed by atoms with Gasteiger partial charge in [0.1, 0.15) is 12.4 Å². The Kier molecular flexibility index (Phi) is 8.34. The van der Waals surface area contributed by atoms with E-state index in [1.54, 1.807) is 6.07 Å². The molecule has 0 spiro atoms. The second-order valence-corrected chi connectivity index (χ2v) is 10.3. The first-order valence-electron chi connectivity index (χ1n) is 13.2. The van der Waals surface area contributed by atoms with Crippen molar-refractivity contribution in [3.05, 3.63) is 88.5 Å². The van der Waals surface area contributed by atoms with Crippen molar-refractivity contribution >= 4 is 0 Å². The van der Waals surface area contributed by atoms with Gasteiger partial charge in [0.15, 0.2) is 17.6 Å². The number of hydrogen-bond acceptors (Lipinski definition) is 8. The molecule has 2 atom stereocenters. The summed E-state index contributed by atoms with van der Waals surface area (Å²) in [6.45, 7) is 6.59. The van der Waals surface area contributed by atoms with Gasteiger partial charge in [0.05, 0.1) is 37.6 Å². The van der Waals surface area contributed by atoms with E-state index < -0.39 is 11.9 Å². The van der Waals surface area contributed by atoms with Crippen LogP contribution in [0.2, 0.25) is 0 Å². The fraction of sp³-hybridized carbons (Fsp3) is 0.387. The number of ether oxygens (including phenoxy) is 5. The van der Waals surface area contributed by atoms with Gasteiger partial charge in [0.2, 0.25) is 5.79 Å². The van der Waals surface area contributed by atoms with E-state index in [1.165, 1.54) is 0 Å². The van der Waals surface area contributed by atoms with Gasteiger partial charge in [-0.3, -0.25) is 0 Å². The lowest BCUT2D eigenvalue weighted by molar-refractivity contribution is -0.180. The molecule has 2 N–H and O–H groups in total. The van der Waals surface area contributed by atoms with Crippen molar-refractivity contribution in [2.75, 3.05) is 26.3 Å². The molecule has 3 aromatic carbocycles. The van der Waals surface area contributed by atoms with Crippen LogP contribution in [0.1, 0.15) is 47.8 Å². The third kappa shape index (κ3) is 7.08. The Balaban J connectivity index is 1.06. The molecular weight excluding hydrogens is 496 g/mol. The predicted octanol–water partition coefficient (Wildman–Crippen LogP) is 4.43. The number of nitriles is 1. The van der Waals surface area contributed by atoms with Gasteiger partial charge in [0, 0.05) is 26.0 Å². The zero-order valence-corrected chi connectivity index (χ0v) is 22.3. The van der Waals surface area contributed by atoms with Crippen molar-refractivity contribution < 1.29 is 28.8 Å². The molecule has 0 radical (unpaired) electrons. The SMILES string of the molecule is CC1(C)OCc2cc([C@H](O)CNCCc3ccc4c(c3)O[C@H](COCc3cccc(C#N)c3)CO4)ccc2O1. The fourth-order valence-corrected chi connectivity index (χ4v) is 4.59. The Labute approximate surface area is 229 Å². The predicted molar refractivity (Wildman–Crippen MR) is 145 cm³/mol. The molecular formula is C31H34N2O6. The standard InChI is InChI=1S/C31H34N2O6/c1-31(2)37-18-25-14-24(7-9-28(25)39-31)27(34)16-33-11-10-21-6-8-29-30(13-21)38-26(20-36-29)19-35-17-23-5-3-4-22(12-23)15-32/h3-9,12-14,26-27,33-34H,10-11,16-20H2,1-2H3/t26-,27-/m1/s1. The summed E-state index contributed by atoms with van der Waals surface area (Å²) in [5.74, 6) is 1.60. The Morgan fingerprint density at radius 2 is 1.95 bits per heavy atom. The highest BCUT2D eigenvalue weighted by atomic mass is 16.7. The molecule has 0 aliphatic carbocycles. The molecule has 0 aromatic heterocycles.